The number of nitrogens with zero attached hydrogens (tertiary/aromatic N) is 1. The zero-order valence-electron chi connectivity index (χ0n) is 16.0. The van der Waals surface area contributed by atoms with Crippen molar-refractivity contribution in [3.8, 4) is 0 Å². The molecule has 1 saturated heterocycles. The summed E-state index contributed by atoms with van der Waals surface area (Å²) >= 11 is 0. The molecule has 0 aromatic carbocycles. The van der Waals surface area contributed by atoms with Crippen LogP contribution in [0.1, 0.15) is 59.3 Å². The van der Waals surface area contributed by atoms with E-state index >= 15 is 0 Å². The fourth-order valence-corrected chi connectivity index (χ4v) is 3.70. The number of hydrogen-bond acceptors (Lipinski definition) is 4. The summed E-state index contributed by atoms with van der Waals surface area (Å²) in [6, 6.07) is -0.307. The largest absolute Gasteiger partial charge is 0.376 e. The molecule has 2 rings (SSSR count). The van der Waals surface area contributed by atoms with Crippen molar-refractivity contribution in [2.24, 2.45) is 17.6 Å². The molecule has 0 aromatic rings. The minimum atomic E-state index is -0.574. The van der Waals surface area contributed by atoms with E-state index < -0.39 is 6.04 Å². The summed E-state index contributed by atoms with van der Waals surface area (Å²) in [5.74, 6) is 0.523. The highest BCUT2D eigenvalue weighted by molar-refractivity contribution is 5.87. The molecule has 2 atom stereocenters. The van der Waals surface area contributed by atoms with Gasteiger partial charge in [0, 0.05) is 19.2 Å². The van der Waals surface area contributed by atoms with Gasteiger partial charge in [-0.2, -0.15) is 0 Å². The van der Waals surface area contributed by atoms with Gasteiger partial charge in [-0.3, -0.25) is 9.59 Å². The van der Waals surface area contributed by atoms with Crippen molar-refractivity contribution >= 4 is 11.8 Å². The molecular weight excluding hydrogens is 318 g/mol. The van der Waals surface area contributed by atoms with Gasteiger partial charge in [-0.1, -0.05) is 20.8 Å². The molecule has 1 heterocycles. The quantitative estimate of drug-likeness (QED) is 0.729. The van der Waals surface area contributed by atoms with E-state index in [1.54, 1.807) is 0 Å². The first-order valence-corrected chi connectivity index (χ1v) is 9.82. The Morgan fingerprint density at radius 1 is 1.20 bits per heavy atom. The van der Waals surface area contributed by atoms with Crippen LogP contribution in [0.2, 0.25) is 0 Å². The fraction of sp³-hybridized carbons (Fsp3) is 0.895. The van der Waals surface area contributed by atoms with Crippen LogP contribution >= 0.6 is 0 Å². The zero-order valence-corrected chi connectivity index (χ0v) is 16.0. The van der Waals surface area contributed by atoms with Crippen molar-refractivity contribution in [1.82, 2.24) is 10.2 Å². The summed E-state index contributed by atoms with van der Waals surface area (Å²) in [6.07, 6.45) is 6.61. The summed E-state index contributed by atoms with van der Waals surface area (Å²) in [5, 5.41) is 2.72. The third kappa shape index (κ3) is 5.96. The normalized spacial score (nSPS) is 28.0. The number of nitrogens with one attached hydrogen (secondary N) is 1. The first-order chi connectivity index (χ1) is 11.9. The SMILES string of the molecule is CC1CCC(N(CC2CCCO2)C(=O)CNC(=O)[C@@H](N)C(C)C)CC1. The van der Waals surface area contributed by atoms with Crippen molar-refractivity contribution in [2.75, 3.05) is 19.7 Å². The molecule has 0 radical (unpaired) electrons. The molecular formula is C19H35N3O3. The average molecular weight is 354 g/mol. The van der Waals surface area contributed by atoms with E-state index in [9.17, 15) is 9.59 Å². The van der Waals surface area contributed by atoms with Gasteiger partial charge in [0.2, 0.25) is 11.8 Å². The summed E-state index contributed by atoms with van der Waals surface area (Å²) in [5.41, 5.74) is 5.86. The van der Waals surface area contributed by atoms with Gasteiger partial charge in [0.05, 0.1) is 18.7 Å². The van der Waals surface area contributed by atoms with Crippen LogP contribution in [0.3, 0.4) is 0 Å². The van der Waals surface area contributed by atoms with E-state index in [-0.39, 0.29) is 36.4 Å². The molecule has 25 heavy (non-hydrogen) atoms. The molecule has 6 nitrogen and oxygen atoms in total. The Kier molecular flexibility index (Phi) is 7.69. The number of carbonyl (C=O) groups is 2. The molecule has 1 saturated carbocycles. The molecule has 2 fully saturated rings. The highest BCUT2D eigenvalue weighted by Gasteiger charge is 2.31. The number of ether oxygens (including phenoxy) is 1. The predicted molar refractivity (Wildman–Crippen MR) is 97.9 cm³/mol. The Morgan fingerprint density at radius 2 is 1.88 bits per heavy atom. The lowest BCUT2D eigenvalue weighted by molar-refractivity contribution is -0.137. The van der Waals surface area contributed by atoms with Crippen LogP contribution in [-0.4, -0.2) is 54.6 Å². The van der Waals surface area contributed by atoms with E-state index in [1.165, 1.54) is 0 Å². The van der Waals surface area contributed by atoms with Crippen molar-refractivity contribution in [1.29, 1.82) is 0 Å². The Hall–Kier alpha value is -1.14. The molecule has 0 bridgehead atoms. The fourth-order valence-electron chi connectivity index (χ4n) is 3.70. The van der Waals surface area contributed by atoms with Gasteiger partial charge in [-0.15, -0.1) is 0 Å². The van der Waals surface area contributed by atoms with Crippen LogP contribution in [0.4, 0.5) is 0 Å². The Morgan fingerprint density at radius 3 is 2.44 bits per heavy atom. The van der Waals surface area contributed by atoms with Crippen LogP contribution in [0.5, 0.6) is 0 Å². The summed E-state index contributed by atoms with van der Waals surface area (Å²) in [7, 11) is 0. The van der Waals surface area contributed by atoms with Crippen LogP contribution in [0.15, 0.2) is 0 Å². The summed E-state index contributed by atoms with van der Waals surface area (Å²) in [4.78, 5) is 26.8. The second-order valence-electron chi connectivity index (χ2n) is 8.08. The average Bonchev–Trinajstić information content (AvgIpc) is 3.10. The Bertz CT molecular complexity index is 441. The first-order valence-electron chi connectivity index (χ1n) is 9.82. The van der Waals surface area contributed by atoms with Gasteiger partial charge >= 0.3 is 0 Å². The predicted octanol–water partition coefficient (Wildman–Crippen LogP) is 1.67. The van der Waals surface area contributed by atoms with Gasteiger partial charge < -0.3 is 20.7 Å². The Balaban J connectivity index is 1.93. The number of amides is 2. The van der Waals surface area contributed by atoms with E-state index in [0.29, 0.717) is 6.54 Å². The molecule has 2 amide bonds. The van der Waals surface area contributed by atoms with Crippen LogP contribution in [0, 0.1) is 11.8 Å². The van der Waals surface area contributed by atoms with Crippen molar-refractivity contribution < 1.29 is 14.3 Å². The number of nitrogens with two attached hydrogens (primary N) is 1. The molecule has 0 aromatic heterocycles. The van der Waals surface area contributed by atoms with Crippen LogP contribution in [0.25, 0.3) is 0 Å². The van der Waals surface area contributed by atoms with Crippen LogP contribution in [-0.2, 0) is 14.3 Å². The van der Waals surface area contributed by atoms with Gasteiger partial charge in [-0.25, -0.2) is 0 Å². The van der Waals surface area contributed by atoms with E-state index in [2.05, 4.69) is 12.2 Å². The van der Waals surface area contributed by atoms with E-state index in [0.717, 1.165) is 51.0 Å². The minimum Gasteiger partial charge on any atom is -0.376 e. The standard InChI is InChI=1S/C19H35N3O3/c1-13(2)18(20)19(24)21-11-17(23)22(12-16-5-4-10-25-16)15-8-6-14(3)7-9-15/h13-16,18H,4-12,20H2,1-3H3,(H,21,24)/t14?,15?,16?,18-/m0/s1. The van der Waals surface area contributed by atoms with Crippen molar-refractivity contribution in [3.05, 3.63) is 0 Å². The maximum absolute atomic E-state index is 12.8. The lowest BCUT2D eigenvalue weighted by Gasteiger charge is -2.37. The second-order valence-corrected chi connectivity index (χ2v) is 8.08. The number of rotatable bonds is 7. The summed E-state index contributed by atoms with van der Waals surface area (Å²) < 4.78 is 5.74. The van der Waals surface area contributed by atoms with Crippen molar-refractivity contribution in [2.45, 2.75) is 77.5 Å². The molecule has 3 N–H and O–H groups in total. The Labute approximate surface area is 151 Å². The van der Waals surface area contributed by atoms with E-state index in [4.69, 9.17) is 10.5 Å². The van der Waals surface area contributed by atoms with E-state index in [1.807, 2.05) is 18.7 Å². The first kappa shape index (κ1) is 20.2. The molecule has 6 heteroatoms. The number of carbonyl (C=O) groups excluding carboxylic acids is 2. The van der Waals surface area contributed by atoms with Crippen molar-refractivity contribution in [3.63, 3.8) is 0 Å². The topological polar surface area (TPSA) is 84.7 Å². The van der Waals surface area contributed by atoms with Gasteiger partial charge in [0.25, 0.3) is 0 Å². The molecule has 1 aliphatic carbocycles. The zero-order chi connectivity index (χ0) is 18.4. The molecule has 1 unspecified atom stereocenters. The molecule has 0 spiro atoms. The lowest BCUT2D eigenvalue weighted by atomic mass is 9.86. The van der Waals surface area contributed by atoms with Crippen LogP contribution < -0.4 is 11.1 Å². The molecule has 1 aliphatic heterocycles. The molecule has 144 valence electrons. The van der Waals surface area contributed by atoms with Gasteiger partial charge in [0.1, 0.15) is 0 Å². The minimum absolute atomic E-state index is 0.0145. The maximum Gasteiger partial charge on any atom is 0.242 e. The third-order valence-electron chi connectivity index (χ3n) is 5.61. The second kappa shape index (κ2) is 9.53. The lowest BCUT2D eigenvalue weighted by Crippen LogP contribution is -2.52. The monoisotopic (exact) mass is 353 g/mol. The van der Waals surface area contributed by atoms with Gasteiger partial charge in [0.15, 0.2) is 0 Å². The highest BCUT2D eigenvalue weighted by atomic mass is 16.5. The van der Waals surface area contributed by atoms with Gasteiger partial charge in [-0.05, 0) is 50.4 Å². The number of hydrogen-bond donors (Lipinski definition) is 2. The maximum atomic E-state index is 12.8. The smallest absolute Gasteiger partial charge is 0.242 e. The third-order valence-corrected chi connectivity index (χ3v) is 5.61. The summed E-state index contributed by atoms with van der Waals surface area (Å²) in [6.45, 7) is 7.53. The highest BCUT2D eigenvalue weighted by Crippen LogP contribution is 2.28. The molecule has 2 aliphatic rings.